The topological polar surface area (TPSA) is 109 Å². The van der Waals surface area contributed by atoms with E-state index in [-0.39, 0.29) is 11.5 Å². The highest BCUT2D eigenvalue weighted by atomic mass is 79.9. The summed E-state index contributed by atoms with van der Waals surface area (Å²) in [6, 6.07) is 0. The summed E-state index contributed by atoms with van der Waals surface area (Å²) in [6.07, 6.45) is 8.35. The Hall–Kier alpha value is -1.51. The van der Waals surface area contributed by atoms with E-state index in [1.54, 1.807) is 31.4 Å². The van der Waals surface area contributed by atoms with Gasteiger partial charge in [0.15, 0.2) is 5.90 Å². The molecule has 0 aromatic heterocycles. The van der Waals surface area contributed by atoms with E-state index < -0.39 is 6.10 Å². The van der Waals surface area contributed by atoms with Crippen molar-refractivity contribution in [3.8, 4) is 0 Å². The third-order valence-electron chi connectivity index (χ3n) is 2.98. The Morgan fingerprint density at radius 2 is 1.96 bits per heavy atom. The fourth-order valence-corrected chi connectivity index (χ4v) is 2.27. The molecule has 0 aliphatic heterocycles. The van der Waals surface area contributed by atoms with Crippen LogP contribution in [0.4, 0.5) is 0 Å². The summed E-state index contributed by atoms with van der Waals surface area (Å²) in [4.78, 5) is 4.25. The van der Waals surface area contributed by atoms with Gasteiger partial charge in [-0.05, 0) is 28.3 Å². The van der Waals surface area contributed by atoms with Crippen LogP contribution < -0.4 is 16.9 Å². The van der Waals surface area contributed by atoms with Gasteiger partial charge in [-0.15, -0.1) is 0 Å². The second kappa shape index (κ2) is 16.4. The minimum absolute atomic E-state index is 0.101. The summed E-state index contributed by atoms with van der Waals surface area (Å²) in [5, 5.41) is 14.2. The minimum Gasteiger partial charge on any atom is -0.472 e. The molecule has 0 rings (SSSR count). The molecule has 8 heteroatoms. The summed E-state index contributed by atoms with van der Waals surface area (Å²) >= 11 is 3.42. The number of aliphatic hydroxyl groups excluding tert-OH is 1. The number of aliphatic hydroxyl groups is 1. The van der Waals surface area contributed by atoms with Gasteiger partial charge in [-0.25, -0.2) is 10.8 Å². The lowest BCUT2D eigenvalue weighted by atomic mass is 9.97. The first-order chi connectivity index (χ1) is 13.1. The van der Waals surface area contributed by atoms with E-state index >= 15 is 0 Å². The maximum absolute atomic E-state index is 9.66. The number of hydrogen-bond acceptors (Lipinski definition) is 7. The lowest BCUT2D eigenvalue weighted by Gasteiger charge is -2.25. The molecule has 0 saturated heterocycles. The second-order valence-electron chi connectivity index (χ2n) is 7.19. The van der Waals surface area contributed by atoms with E-state index in [0.29, 0.717) is 23.2 Å². The summed E-state index contributed by atoms with van der Waals surface area (Å²) in [5.41, 5.74) is 5.73. The maximum Gasteiger partial charge on any atom is 0.191 e. The van der Waals surface area contributed by atoms with Crippen molar-refractivity contribution in [1.29, 1.82) is 0 Å². The minimum atomic E-state index is -0.570. The highest BCUT2D eigenvalue weighted by molar-refractivity contribution is 9.11. The van der Waals surface area contributed by atoms with Crippen LogP contribution in [0.3, 0.4) is 0 Å². The van der Waals surface area contributed by atoms with Gasteiger partial charge in [-0.3, -0.25) is 0 Å². The van der Waals surface area contributed by atoms with Crippen LogP contribution in [0.15, 0.2) is 40.4 Å². The van der Waals surface area contributed by atoms with Gasteiger partial charge in [-0.2, -0.15) is 0 Å². The van der Waals surface area contributed by atoms with Crippen LogP contribution in [-0.2, 0) is 4.74 Å². The predicted octanol–water partition coefficient (Wildman–Crippen LogP) is 3.58. The molecule has 0 aromatic rings. The lowest BCUT2D eigenvalue weighted by Crippen LogP contribution is -2.33. The number of hydrogen-bond donors (Lipinski definition) is 4. The van der Waals surface area contributed by atoms with Crippen molar-refractivity contribution in [3.05, 3.63) is 35.4 Å². The van der Waals surface area contributed by atoms with Crippen molar-refractivity contribution in [2.45, 2.75) is 66.6 Å². The lowest BCUT2D eigenvalue weighted by molar-refractivity contribution is 0.175. The van der Waals surface area contributed by atoms with E-state index in [2.05, 4.69) is 47.0 Å². The standard InChI is InChI=1S/C18H34BrN5O2.C2H6/c1-14(25)11-17(23-9-8-22-5)26-16(15(19)12-20)7-6-10-24(21)13-18(2,3)4;1-2/h6,8-10,12,14,16,22,25H,7,11,13,20-21H2,1-5H3;1-2H3/b9-8-,10-6+,15-12-,23-17?;. The van der Waals surface area contributed by atoms with Crippen molar-refractivity contribution in [2.75, 3.05) is 13.6 Å². The molecule has 164 valence electrons. The molecule has 28 heavy (non-hydrogen) atoms. The molecule has 0 aromatic carbocycles. The van der Waals surface area contributed by atoms with Gasteiger partial charge in [0.2, 0.25) is 0 Å². The number of nitrogens with one attached hydrogen (secondary N) is 1. The number of aliphatic imine (C=N–C) groups is 1. The molecule has 0 saturated carbocycles. The van der Waals surface area contributed by atoms with Gasteiger partial charge in [-0.1, -0.05) is 40.7 Å². The van der Waals surface area contributed by atoms with Crippen LogP contribution in [0, 0.1) is 5.41 Å². The number of nitrogens with zero attached hydrogens (tertiary/aromatic N) is 2. The molecule has 2 unspecified atom stereocenters. The number of ether oxygens (including phenoxy) is 1. The van der Waals surface area contributed by atoms with E-state index in [1.165, 1.54) is 6.20 Å². The largest absolute Gasteiger partial charge is 0.472 e. The Morgan fingerprint density at radius 3 is 2.43 bits per heavy atom. The molecule has 0 spiro atoms. The van der Waals surface area contributed by atoms with E-state index in [1.807, 2.05) is 26.1 Å². The molecule has 0 bridgehead atoms. The molecule has 2 atom stereocenters. The average molecular weight is 462 g/mol. The summed E-state index contributed by atoms with van der Waals surface area (Å²) in [7, 11) is 1.78. The van der Waals surface area contributed by atoms with Gasteiger partial charge in [0.25, 0.3) is 0 Å². The molecule has 0 aliphatic carbocycles. The van der Waals surface area contributed by atoms with Crippen LogP contribution in [0.2, 0.25) is 0 Å². The van der Waals surface area contributed by atoms with Crippen molar-refractivity contribution in [2.24, 2.45) is 22.0 Å². The molecular weight excluding hydrogens is 422 g/mol. The predicted molar refractivity (Wildman–Crippen MR) is 123 cm³/mol. The molecule has 0 heterocycles. The van der Waals surface area contributed by atoms with Gasteiger partial charge in [0, 0.05) is 51.2 Å². The Kier molecular flexibility index (Phi) is 16.9. The van der Waals surface area contributed by atoms with Gasteiger partial charge in [0.1, 0.15) is 6.10 Å². The highest BCUT2D eigenvalue weighted by Gasteiger charge is 2.17. The van der Waals surface area contributed by atoms with Crippen LogP contribution in [0.1, 0.15) is 54.4 Å². The SMILES string of the molecule is CC.CN/C=C\N=C(CC(C)O)OC(C/C=C/N(N)CC(C)(C)C)/C(Br)=C/N. The van der Waals surface area contributed by atoms with Crippen LogP contribution >= 0.6 is 15.9 Å². The van der Waals surface area contributed by atoms with Gasteiger partial charge in [0.05, 0.1) is 10.6 Å². The maximum atomic E-state index is 9.66. The van der Waals surface area contributed by atoms with Crippen LogP contribution in [0.5, 0.6) is 0 Å². The van der Waals surface area contributed by atoms with Crippen molar-refractivity contribution >= 4 is 21.8 Å². The zero-order valence-electron chi connectivity index (χ0n) is 18.4. The Balaban J connectivity index is 0. The number of halogens is 1. The highest BCUT2D eigenvalue weighted by Crippen LogP contribution is 2.19. The van der Waals surface area contributed by atoms with Crippen molar-refractivity contribution < 1.29 is 9.84 Å². The van der Waals surface area contributed by atoms with E-state index in [4.69, 9.17) is 16.3 Å². The molecule has 0 fully saturated rings. The van der Waals surface area contributed by atoms with Crippen LogP contribution in [-0.4, -0.2) is 41.8 Å². The van der Waals surface area contributed by atoms with Gasteiger partial charge >= 0.3 is 0 Å². The summed E-state index contributed by atoms with van der Waals surface area (Å²) < 4.78 is 6.64. The van der Waals surface area contributed by atoms with Crippen LogP contribution in [0.25, 0.3) is 0 Å². The van der Waals surface area contributed by atoms with E-state index in [0.717, 1.165) is 6.54 Å². The Labute approximate surface area is 179 Å². The third-order valence-corrected chi connectivity index (χ3v) is 3.75. The number of nitrogens with two attached hydrogens (primary N) is 2. The molecule has 0 aliphatic rings. The smallest absolute Gasteiger partial charge is 0.191 e. The van der Waals surface area contributed by atoms with Gasteiger partial charge < -0.3 is 25.9 Å². The molecule has 0 amide bonds. The molecule has 6 N–H and O–H groups in total. The monoisotopic (exact) mass is 461 g/mol. The Bertz CT molecular complexity index is 511. The third kappa shape index (κ3) is 16.6. The number of hydrazine groups is 1. The Morgan fingerprint density at radius 1 is 1.36 bits per heavy atom. The molecule has 0 radical (unpaired) electrons. The molecule has 7 nitrogen and oxygen atoms in total. The molecular formula is C20H40BrN5O2. The zero-order valence-corrected chi connectivity index (χ0v) is 20.0. The van der Waals surface area contributed by atoms with Crippen molar-refractivity contribution in [3.63, 3.8) is 0 Å². The normalized spacial score (nSPS) is 15.2. The van der Waals surface area contributed by atoms with Crippen molar-refractivity contribution in [1.82, 2.24) is 10.3 Å². The average Bonchev–Trinajstić information content (AvgIpc) is 2.60. The second-order valence-corrected chi connectivity index (χ2v) is 8.11. The summed E-state index contributed by atoms with van der Waals surface area (Å²) in [5.74, 6) is 6.40. The van der Waals surface area contributed by atoms with E-state index in [9.17, 15) is 5.11 Å². The first-order valence-electron chi connectivity index (χ1n) is 9.58. The number of rotatable bonds is 10. The first kappa shape index (κ1) is 28.7. The fourth-order valence-electron chi connectivity index (χ4n) is 1.99. The fraction of sp³-hybridized carbons (Fsp3) is 0.650. The summed E-state index contributed by atoms with van der Waals surface area (Å²) in [6.45, 7) is 12.8. The quantitative estimate of drug-likeness (QED) is 0.171. The zero-order chi connectivity index (χ0) is 22.2. The first-order valence-corrected chi connectivity index (χ1v) is 10.4.